The van der Waals surface area contributed by atoms with E-state index in [1.807, 2.05) is 0 Å². The van der Waals surface area contributed by atoms with Gasteiger partial charge in [0.1, 0.15) is 16.6 Å². The van der Waals surface area contributed by atoms with E-state index in [9.17, 15) is 13.2 Å². The lowest BCUT2D eigenvalue weighted by Crippen LogP contribution is -2.16. The third kappa shape index (κ3) is 3.07. The van der Waals surface area contributed by atoms with E-state index in [1.165, 1.54) is 0 Å². The van der Waals surface area contributed by atoms with Gasteiger partial charge in [-0.3, -0.25) is 5.41 Å². The minimum absolute atomic E-state index is 0.0248. The summed E-state index contributed by atoms with van der Waals surface area (Å²) < 4.78 is 43.0. The summed E-state index contributed by atoms with van der Waals surface area (Å²) in [6, 6.07) is 1.85. The molecule has 0 fully saturated rings. The monoisotopic (exact) mass is 303 g/mol. The first-order valence-corrected chi connectivity index (χ1v) is 5.99. The molecule has 106 valence electrons. The Balaban J connectivity index is 2.44. The number of amidine groups is 1. The maximum Gasteiger partial charge on any atom is 0.433 e. The zero-order chi connectivity index (χ0) is 14.9. The van der Waals surface area contributed by atoms with Crippen molar-refractivity contribution in [2.24, 2.45) is 5.73 Å². The minimum atomic E-state index is -4.59. The average molecular weight is 303 g/mol. The van der Waals surface area contributed by atoms with Crippen molar-refractivity contribution < 1.29 is 17.6 Å². The highest BCUT2D eigenvalue weighted by molar-refractivity contribution is 7.99. The second kappa shape index (κ2) is 5.12. The lowest BCUT2D eigenvalue weighted by molar-refractivity contribution is -0.141. The topological polar surface area (TPSA) is 102 Å². The molecule has 0 unspecified atom stereocenters. The van der Waals surface area contributed by atoms with Crippen LogP contribution in [0.2, 0.25) is 0 Å². The van der Waals surface area contributed by atoms with Crippen LogP contribution in [0.15, 0.2) is 26.8 Å². The Morgan fingerprint density at radius 1 is 1.35 bits per heavy atom. The molecule has 20 heavy (non-hydrogen) atoms. The fourth-order valence-corrected chi connectivity index (χ4v) is 2.12. The van der Waals surface area contributed by atoms with E-state index in [0.29, 0.717) is 0 Å². The van der Waals surface area contributed by atoms with E-state index < -0.39 is 17.7 Å². The van der Waals surface area contributed by atoms with Crippen LogP contribution < -0.4 is 5.73 Å². The Hall–Kier alpha value is -2.10. The lowest BCUT2D eigenvalue weighted by Gasteiger charge is -2.10. The Labute approximate surface area is 115 Å². The normalized spacial score (nSPS) is 11.6. The molecule has 0 radical (unpaired) electrons. The standard InChI is InChI=1S/C10H8F3N5OS/c1-4-17-18-9(19-4)20-8-5(7(14)15)2-3-6(16-8)10(11,12)13/h2-3H,1H3,(H3,14,15). The van der Waals surface area contributed by atoms with Crippen LogP contribution in [0.1, 0.15) is 17.1 Å². The van der Waals surface area contributed by atoms with Crippen molar-refractivity contribution in [3.63, 3.8) is 0 Å². The Bertz CT molecular complexity index is 655. The Morgan fingerprint density at radius 3 is 2.55 bits per heavy atom. The molecule has 0 saturated carbocycles. The predicted octanol–water partition coefficient (Wildman–Crippen LogP) is 2.23. The van der Waals surface area contributed by atoms with Crippen LogP contribution in [0.3, 0.4) is 0 Å². The van der Waals surface area contributed by atoms with Crippen LogP contribution in [0.5, 0.6) is 0 Å². The van der Waals surface area contributed by atoms with Crippen LogP contribution in [-0.4, -0.2) is 21.0 Å². The molecule has 3 N–H and O–H groups in total. The zero-order valence-electron chi connectivity index (χ0n) is 10.0. The molecule has 10 heteroatoms. The smallest absolute Gasteiger partial charge is 0.416 e. The summed E-state index contributed by atoms with van der Waals surface area (Å²) in [5, 5.41) is 14.5. The van der Waals surface area contributed by atoms with Gasteiger partial charge in [-0.2, -0.15) is 13.2 Å². The number of aromatic nitrogens is 3. The number of nitrogen functional groups attached to an aromatic ring is 1. The van der Waals surface area contributed by atoms with Crippen molar-refractivity contribution >= 4 is 17.6 Å². The van der Waals surface area contributed by atoms with Crippen LogP contribution >= 0.6 is 11.8 Å². The van der Waals surface area contributed by atoms with Gasteiger partial charge in [0.2, 0.25) is 5.89 Å². The third-order valence-corrected chi connectivity index (χ3v) is 2.98. The first-order chi connectivity index (χ1) is 9.27. The molecule has 2 aromatic rings. The number of aryl methyl sites for hydroxylation is 1. The van der Waals surface area contributed by atoms with Gasteiger partial charge in [0.15, 0.2) is 0 Å². The molecule has 2 aromatic heterocycles. The van der Waals surface area contributed by atoms with Crippen LogP contribution in [0.25, 0.3) is 0 Å². The molecular weight excluding hydrogens is 295 g/mol. The van der Waals surface area contributed by atoms with Crippen molar-refractivity contribution in [1.29, 1.82) is 5.41 Å². The van der Waals surface area contributed by atoms with E-state index >= 15 is 0 Å². The number of nitrogens with one attached hydrogen (secondary N) is 1. The van der Waals surface area contributed by atoms with E-state index in [1.54, 1.807) is 6.92 Å². The quantitative estimate of drug-likeness (QED) is 0.666. The van der Waals surface area contributed by atoms with Gasteiger partial charge >= 0.3 is 6.18 Å². The summed E-state index contributed by atoms with van der Waals surface area (Å²) >= 11 is 0.721. The molecule has 0 saturated heterocycles. The van der Waals surface area contributed by atoms with Crippen molar-refractivity contribution in [3.8, 4) is 0 Å². The summed E-state index contributed by atoms with van der Waals surface area (Å²) in [7, 11) is 0. The minimum Gasteiger partial charge on any atom is -0.416 e. The van der Waals surface area contributed by atoms with Crippen molar-refractivity contribution in [3.05, 3.63) is 29.3 Å². The number of hydrogen-bond donors (Lipinski definition) is 2. The summed E-state index contributed by atoms with van der Waals surface area (Å²) in [6.07, 6.45) is -4.59. The number of rotatable bonds is 3. The number of pyridine rings is 1. The largest absolute Gasteiger partial charge is 0.433 e. The second-order valence-electron chi connectivity index (χ2n) is 3.65. The number of alkyl halides is 3. The molecule has 0 aliphatic heterocycles. The molecule has 6 nitrogen and oxygen atoms in total. The number of nitrogens with two attached hydrogens (primary N) is 1. The number of halogens is 3. The second-order valence-corrected chi connectivity index (χ2v) is 4.59. The summed E-state index contributed by atoms with van der Waals surface area (Å²) in [6.45, 7) is 1.54. The molecule has 2 rings (SSSR count). The highest BCUT2D eigenvalue weighted by Crippen LogP contribution is 2.33. The molecule has 0 aliphatic carbocycles. The fourth-order valence-electron chi connectivity index (χ4n) is 1.28. The van der Waals surface area contributed by atoms with Gasteiger partial charge in [0.05, 0.1) is 0 Å². The highest BCUT2D eigenvalue weighted by Gasteiger charge is 2.33. The van der Waals surface area contributed by atoms with Gasteiger partial charge < -0.3 is 10.2 Å². The van der Waals surface area contributed by atoms with Crippen LogP contribution in [0, 0.1) is 12.3 Å². The first kappa shape index (κ1) is 14.3. The van der Waals surface area contributed by atoms with Gasteiger partial charge in [-0.05, 0) is 23.9 Å². The molecule has 0 bridgehead atoms. The lowest BCUT2D eigenvalue weighted by atomic mass is 10.2. The van der Waals surface area contributed by atoms with Gasteiger partial charge in [-0.25, -0.2) is 4.98 Å². The zero-order valence-corrected chi connectivity index (χ0v) is 10.8. The molecule has 2 heterocycles. The molecule has 0 spiro atoms. The van der Waals surface area contributed by atoms with E-state index in [0.717, 1.165) is 23.9 Å². The summed E-state index contributed by atoms with van der Waals surface area (Å²) in [5.41, 5.74) is 4.30. The average Bonchev–Trinajstić information content (AvgIpc) is 2.73. The van der Waals surface area contributed by atoms with Gasteiger partial charge in [-0.15, -0.1) is 10.2 Å². The first-order valence-electron chi connectivity index (χ1n) is 5.18. The third-order valence-electron chi connectivity index (χ3n) is 2.13. The molecular formula is C10H8F3N5OS. The molecule has 0 aromatic carbocycles. The van der Waals surface area contributed by atoms with Crippen molar-refractivity contribution in [1.82, 2.24) is 15.2 Å². The molecule has 0 atom stereocenters. The number of hydrogen-bond acceptors (Lipinski definition) is 6. The maximum atomic E-state index is 12.6. The van der Waals surface area contributed by atoms with Gasteiger partial charge in [0, 0.05) is 12.5 Å². The van der Waals surface area contributed by atoms with Crippen molar-refractivity contribution in [2.45, 2.75) is 23.3 Å². The van der Waals surface area contributed by atoms with Crippen molar-refractivity contribution in [2.75, 3.05) is 0 Å². The van der Waals surface area contributed by atoms with Gasteiger partial charge in [0.25, 0.3) is 5.22 Å². The number of nitrogens with zero attached hydrogens (tertiary/aromatic N) is 3. The van der Waals surface area contributed by atoms with Crippen LogP contribution in [0.4, 0.5) is 13.2 Å². The Morgan fingerprint density at radius 2 is 2.05 bits per heavy atom. The van der Waals surface area contributed by atoms with E-state index in [-0.39, 0.29) is 21.7 Å². The van der Waals surface area contributed by atoms with Crippen LogP contribution in [-0.2, 0) is 6.18 Å². The van der Waals surface area contributed by atoms with E-state index in [4.69, 9.17) is 15.6 Å². The maximum absolute atomic E-state index is 12.6. The summed E-state index contributed by atoms with van der Waals surface area (Å²) in [4.78, 5) is 3.46. The SMILES string of the molecule is Cc1nnc(Sc2nc(C(F)(F)F)ccc2C(=N)N)o1. The van der Waals surface area contributed by atoms with Gasteiger partial charge in [-0.1, -0.05) is 0 Å². The fraction of sp³-hybridized carbons (Fsp3) is 0.200. The predicted molar refractivity (Wildman–Crippen MR) is 63.4 cm³/mol. The van der Waals surface area contributed by atoms with E-state index in [2.05, 4.69) is 15.2 Å². The summed E-state index contributed by atoms with van der Waals surface area (Å²) in [5.74, 6) is -0.131. The Kier molecular flexibility index (Phi) is 3.66. The highest BCUT2D eigenvalue weighted by atomic mass is 32.2. The molecule has 0 amide bonds. The molecule has 0 aliphatic rings.